The van der Waals surface area contributed by atoms with Crippen LogP contribution in [-0.4, -0.2) is 22.1 Å². The molecule has 13 heavy (non-hydrogen) atoms. The summed E-state index contributed by atoms with van der Waals surface area (Å²) in [5.74, 6) is 0.609. The summed E-state index contributed by atoms with van der Waals surface area (Å²) in [7, 11) is 3.92. The molecule has 0 spiro atoms. The summed E-state index contributed by atoms with van der Waals surface area (Å²) in [5, 5.41) is 9.19. The molecule has 1 N–H and O–H groups in total. The molecule has 1 unspecified atom stereocenters. The number of hydrogen-bond donors (Lipinski definition) is 1. The molecule has 1 radical (unpaired) electrons. The van der Waals surface area contributed by atoms with Crippen molar-refractivity contribution in [1.82, 2.24) is 0 Å². The molecule has 1 aliphatic rings. The van der Waals surface area contributed by atoms with E-state index in [4.69, 9.17) is 5.11 Å². The number of carbonyl (C=O) groups is 1. The molecule has 0 bridgehead atoms. The fourth-order valence-electron chi connectivity index (χ4n) is 1.21. The van der Waals surface area contributed by atoms with Crippen molar-refractivity contribution >= 4 is 27.6 Å². The van der Waals surface area contributed by atoms with E-state index in [1.165, 1.54) is 18.6 Å². The van der Waals surface area contributed by atoms with Gasteiger partial charge in [-0.1, -0.05) is 28.0 Å². The maximum absolute atomic E-state index is 10.2. The zero-order valence-electron chi connectivity index (χ0n) is 7.29. The van der Waals surface area contributed by atoms with Crippen molar-refractivity contribution in [3.63, 3.8) is 0 Å². The molecular formula is C8H14CuO2S2. The Bertz CT molecular complexity index is 149. The Morgan fingerprint density at radius 1 is 1.46 bits per heavy atom. The number of unbranched alkanes of at least 4 members (excludes halogenated alkanes) is 1. The average molecular weight is 270 g/mol. The van der Waals surface area contributed by atoms with Crippen molar-refractivity contribution < 1.29 is 27.0 Å². The van der Waals surface area contributed by atoms with Crippen molar-refractivity contribution in [1.29, 1.82) is 0 Å². The van der Waals surface area contributed by atoms with Gasteiger partial charge < -0.3 is 5.11 Å². The van der Waals surface area contributed by atoms with Crippen molar-refractivity contribution in [2.45, 2.75) is 37.4 Å². The summed E-state index contributed by atoms with van der Waals surface area (Å²) < 4.78 is 0. The van der Waals surface area contributed by atoms with Gasteiger partial charge in [-0.3, -0.25) is 4.79 Å². The van der Waals surface area contributed by atoms with Crippen molar-refractivity contribution in [3.8, 4) is 0 Å². The standard InChI is InChI=1S/C8H14O2S2.Cu/c9-8(10)4-2-1-3-7-5-6-11-12-7;/h7H,1-6H2,(H,9,10);. The molecule has 1 atom stereocenters. The minimum atomic E-state index is -0.663. The van der Waals surface area contributed by atoms with E-state index >= 15 is 0 Å². The van der Waals surface area contributed by atoms with Gasteiger partial charge >= 0.3 is 5.97 Å². The van der Waals surface area contributed by atoms with Crippen LogP contribution in [0, 0.1) is 0 Å². The van der Waals surface area contributed by atoms with Crippen molar-refractivity contribution in [2.75, 3.05) is 5.75 Å². The van der Waals surface area contributed by atoms with Crippen molar-refractivity contribution in [3.05, 3.63) is 0 Å². The molecule has 0 aromatic carbocycles. The van der Waals surface area contributed by atoms with E-state index in [2.05, 4.69) is 0 Å². The molecule has 1 saturated heterocycles. The largest absolute Gasteiger partial charge is 0.481 e. The summed E-state index contributed by atoms with van der Waals surface area (Å²) in [6.07, 6.45) is 4.76. The van der Waals surface area contributed by atoms with E-state index in [1.54, 1.807) is 0 Å². The molecule has 81 valence electrons. The van der Waals surface area contributed by atoms with Crippen LogP contribution in [0.4, 0.5) is 0 Å². The van der Waals surface area contributed by atoms with Crippen molar-refractivity contribution in [2.24, 2.45) is 0 Å². The third-order valence-electron chi connectivity index (χ3n) is 1.89. The van der Waals surface area contributed by atoms with Crippen LogP contribution in [0.15, 0.2) is 0 Å². The maximum Gasteiger partial charge on any atom is 0.303 e. The van der Waals surface area contributed by atoms with Gasteiger partial charge in [0.15, 0.2) is 0 Å². The summed E-state index contributed by atoms with van der Waals surface area (Å²) >= 11 is 0. The van der Waals surface area contributed by atoms with Crippen LogP contribution in [0.1, 0.15) is 32.1 Å². The quantitative estimate of drug-likeness (QED) is 0.473. The molecule has 1 heterocycles. The molecule has 0 aromatic rings. The Labute approximate surface area is 97.5 Å². The first-order chi connectivity index (χ1) is 5.79. The van der Waals surface area contributed by atoms with Gasteiger partial charge in [0.25, 0.3) is 0 Å². The summed E-state index contributed by atoms with van der Waals surface area (Å²) in [5.41, 5.74) is 0. The Balaban J connectivity index is 0.00000144. The SMILES string of the molecule is O=C(O)CCCCC1CCSS1.[Cu]. The zero-order valence-corrected chi connectivity index (χ0v) is 9.87. The second-order valence-corrected chi connectivity index (χ2v) is 5.76. The first kappa shape index (κ1) is 13.7. The fourth-order valence-corrected chi connectivity index (χ4v) is 4.24. The molecule has 1 aliphatic heterocycles. The molecule has 5 heteroatoms. The van der Waals surface area contributed by atoms with Gasteiger partial charge in [-0.05, 0) is 19.3 Å². The molecule has 0 aromatic heterocycles. The third-order valence-corrected chi connectivity index (χ3v) is 4.90. The molecule has 1 rings (SSSR count). The number of carboxylic acids is 1. The van der Waals surface area contributed by atoms with Crippen LogP contribution in [0.2, 0.25) is 0 Å². The van der Waals surface area contributed by atoms with Crippen LogP contribution in [-0.2, 0) is 21.9 Å². The van der Waals surface area contributed by atoms with Gasteiger partial charge in [0.1, 0.15) is 0 Å². The van der Waals surface area contributed by atoms with Crippen LogP contribution in [0.5, 0.6) is 0 Å². The number of hydrogen-bond acceptors (Lipinski definition) is 3. The third kappa shape index (κ3) is 6.72. The molecule has 0 amide bonds. The van der Waals surface area contributed by atoms with Gasteiger partial charge in [-0.15, -0.1) is 0 Å². The predicted molar refractivity (Wildman–Crippen MR) is 54.6 cm³/mol. The smallest absolute Gasteiger partial charge is 0.303 e. The number of rotatable bonds is 5. The molecular weight excluding hydrogens is 256 g/mol. The van der Waals surface area contributed by atoms with Crippen LogP contribution in [0.25, 0.3) is 0 Å². The minimum Gasteiger partial charge on any atom is -0.481 e. The van der Waals surface area contributed by atoms with E-state index < -0.39 is 5.97 Å². The maximum atomic E-state index is 10.2. The summed E-state index contributed by atoms with van der Waals surface area (Å²) in [6.45, 7) is 0. The minimum absolute atomic E-state index is 0. The van der Waals surface area contributed by atoms with Gasteiger partial charge in [0.2, 0.25) is 0 Å². The van der Waals surface area contributed by atoms with Gasteiger partial charge in [0.05, 0.1) is 0 Å². The average Bonchev–Trinajstić information content (AvgIpc) is 2.49. The summed E-state index contributed by atoms with van der Waals surface area (Å²) in [6, 6.07) is 0. The number of aliphatic carboxylic acids is 1. The Morgan fingerprint density at radius 2 is 2.23 bits per heavy atom. The molecule has 0 saturated carbocycles. The fraction of sp³-hybridized carbons (Fsp3) is 0.875. The second-order valence-electron chi connectivity index (χ2n) is 2.97. The summed E-state index contributed by atoms with van der Waals surface area (Å²) in [4.78, 5) is 10.2. The van der Waals surface area contributed by atoms with E-state index in [-0.39, 0.29) is 17.1 Å². The Kier molecular flexibility index (Phi) is 8.46. The van der Waals surface area contributed by atoms with Crippen LogP contribution >= 0.6 is 21.6 Å². The zero-order chi connectivity index (χ0) is 8.81. The van der Waals surface area contributed by atoms with Gasteiger partial charge in [-0.25, -0.2) is 0 Å². The topological polar surface area (TPSA) is 37.3 Å². The number of carboxylic acid groups (broad SMARTS) is 1. The first-order valence-corrected chi connectivity index (χ1v) is 6.67. The Morgan fingerprint density at radius 3 is 2.77 bits per heavy atom. The van der Waals surface area contributed by atoms with E-state index in [9.17, 15) is 4.79 Å². The monoisotopic (exact) mass is 269 g/mol. The van der Waals surface area contributed by atoms with E-state index in [0.717, 1.165) is 18.1 Å². The van der Waals surface area contributed by atoms with Crippen LogP contribution < -0.4 is 0 Å². The van der Waals surface area contributed by atoms with E-state index in [1.807, 2.05) is 21.6 Å². The molecule has 1 fully saturated rings. The normalized spacial score (nSPS) is 21.1. The second kappa shape index (κ2) is 8.04. The van der Waals surface area contributed by atoms with Crippen LogP contribution in [0.3, 0.4) is 0 Å². The predicted octanol–water partition coefficient (Wildman–Crippen LogP) is 2.78. The first-order valence-electron chi connectivity index (χ1n) is 4.29. The van der Waals surface area contributed by atoms with Gasteiger partial charge in [-0.2, -0.15) is 0 Å². The van der Waals surface area contributed by atoms with E-state index in [0.29, 0.717) is 6.42 Å². The van der Waals surface area contributed by atoms with Gasteiger partial charge in [0, 0.05) is 34.5 Å². The Hall–Kier alpha value is 0.689. The molecule has 2 nitrogen and oxygen atoms in total. The molecule has 0 aliphatic carbocycles.